The van der Waals surface area contributed by atoms with E-state index in [1.54, 1.807) is 12.1 Å². The lowest BCUT2D eigenvalue weighted by Gasteiger charge is -2.23. The van der Waals surface area contributed by atoms with Gasteiger partial charge >= 0.3 is 0 Å². The Morgan fingerprint density at radius 3 is 2.40 bits per heavy atom. The zero-order valence-electron chi connectivity index (χ0n) is 12.8. The fraction of sp³-hybridized carbons (Fsp3) is 0.562. The predicted molar refractivity (Wildman–Crippen MR) is 79.9 cm³/mol. The summed E-state index contributed by atoms with van der Waals surface area (Å²) in [6.45, 7) is 4.78. The van der Waals surface area contributed by atoms with Crippen LogP contribution in [0, 0.1) is 11.7 Å². The molecule has 1 amide bonds. The summed E-state index contributed by atoms with van der Waals surface area (Å²) in [4.78, 5) is 14.1. The van der Waals surface area contributed by atoms with Crippen LogP contribution in [0.5, 0.6) is 0 Å². The summed E-state index contributed by atoms with van der Waals surface area (Å²) >= 11 is 0. The second-order valence-electron chi connectivity index (χ2n) is 5.51. The van der Waals surface area contributed by atoms with Gasteiger partial charge in [0.25, 0.3) is 0 Å². The van der Waals surface area contributed by atoms with Gasteiger partial charge in [-0.25, -0.2) is 4.39 Å². The highest BCUT2D eigenvalue weighted by Crippen LogP contribution is 2.18. The Labute approximate surface area is 121 Å². The number of nitrogens with one attached hydrogen (secondary N) is 1. The molecule has 1 N–H and O–H groups in total. The van der Waals surface area contributed by atoms with Crippen molar-refractivity contribution in [1.82, 2.24) is 10.2 Å². The van der Waals surface area contributed by atoms with E-state index in [-0.39, 0.29) is 23.7 Å². The summed E-state index contributed by atoms with van der Waals surface area (Å²) in [5.74, 6) is -0.203. The van der Waals surface area contributed by atoms with Crippen molar-refractivity contribution in [2.24, 2.45) is 5.92 Å². The number of carbonyl (C=O) groups excluding carboxylic acids is 1. The van der Waals surface area contributed by atoms with E-state index in [0.717, 1.165) is 24.9 Å². The molecule has 0 aliphatic rings. The third kappa shape index (κ3) is 5.29. The first kappa shape index (κ1) is 16.6. The summed E-state index contributed by atoms with van der Waals surface area (Å²) in [6.07, 6.45) is 1.62. The number of amides is 1. The van der Waals surface area contributed by atoms with Crippen LogP contribution in [0.15, 0.2) is 24.3 Å². The van der Waals surface area contributed by atoms with Crippen molar-refractivity contribution in [3.63, 3.8) is 0 Å². The van der Waals surface area contributed by atoms with Crippen LogP contribution in [0.2, 0.25) is 0 Å². The first-order valence-corrected chi connectivity index (χ1v) is 7.14. The highest BCUT2D eigenvalue weighted by Gasteiger charge is 2.18. The molecule has 0 bridgehead atoms. The molecule has 2 unspecified atom stereocenters. The van der Waals surface area contributed by atoms with Gasteiger partial charge in [-0.05, 0) is 51.2 Å². The molecule has 112 valence electrons. The van der Waals surface area contributed by atoms with Crippen LogP contribution in [-0.4, -0.2) is 31.4 Å². The van der Waals surface area contributed by atoms with Crippen molar-refractivity contribution >= 4 is 5.91 Å². The molecule has 0 aromatic heterocycles. The van der Waals surface area contributed by atoms with E-state index < -0.39 is 0 Å². The molecule has 2 atom stereocenters. The molecule has 0 radical (unpaired) electrons. The van der Waals surface area contributed by atoms with Crippen molar-refractivity contribution in [2.75, 3.05) is 20.6 Å². The fourth-order valence-corrected chi connectivity index (χ4v) is 1.90. The van der Waals surface area contributed by atoms with E-state index in [1.165, 1.54) is 12.1 Å². The molecule has 0 saturated carbocycles. The second kappa shape index (κ2) is 8.00. The average Bonchev–Trinajstić information content (AvgIpc) is 2.43. The molecule has 0 fully saturated rings. The molecular formula is C16H25FN2O. The molecule has 0 saturated heterocycles. The van der Waals surface area contributed by atoms with Crippen molar-refractivity contribution in [1.29, 1.82) is 0 Å². The van der Waals surface area contributed by atoms with Crippen molar-refractivity contribution in [2.45, 2.75) is 32.7 Å². The van der Waals surface area contributed by atoms with Crippen molar-refractivity contribution in [3.8, 4) is 0 Å². The van der Waals surface area contributed by atoms with Crippen LogP contribution >= 0.6 is 0 Å². The van der Waals surface area contributed by atoms with Crippen molar-refractivity contribution in [3.05, 3.63) is 35.6 Å². The second-order valence-corrected chi connectivity index (χ2v) is 5.51. The Kier molecular flexibility index (Phi) is 6.65. The first-order chi connectivity index (χ1) is 9.43. The van der Waals surface area contributed by atoms with E-state index in [4.69, 9.17) is 0 Å². The van der Waals surface area contributed by atoms with Crippen LogP contribution in [-0.2, 0) is 4.79 Å². The van der Waals surface area contributed by atoms with E-state index in [0.29, 0.717) is 0 Å². The Bertz CT molecular complexity index is 417. The molecule has 1 aromatic carbocycles. The van der Waals surface area contributed by atoms with E-state index in [2.05, 4.69) is 10.2 Å². The smallest absolute Gasteiger partial charge is 0.223 e. The summed E-state index contributed by atoms with van der Waals surface area (Å²) in [5, 5.41) is 3.07. The van der Waals surface area contributed by atoms with Gasteiger partial charge in [0.2, 0.25) is 5.91 Å². The molecular weight excluding hydrogens is 255 g/mol. The highest BCUT2D eigenvalue weighted by molar-refractivity contribution is 5.78. The van der Waals surface area contributed by atoms with E-state index in [9.17, 15) is 9.18 Å². The third-order valence-corrected chi connectivity index (χ3v) is 3.51. The Hall–Kier alpha value is -1.42. The number of carbonyl (C=O) groups is 1. The molecule has 0 heterocycles. The number of benzene rings is 1. The Morgan fingerprint density at radius 2 is 1.90 bits per heavy atom. The van der Waals surface area contributed by atoms with Crippen LogP contribution in [0.4, 0.5) is 4.39 Å². The lowest BCUT2D eigenvalue weighted by molar-refractivity contribution is -0.125. The van der Waals surface area contributed by atoms with Crippen molar-refractivity contribution < 1.29 is 9.18 Å². The zero-order valence-corrected chi connectivity index (χ0v) is 12.8. The maximum Gasteiger partial charge on any atom is 0.223 e. The largest absolute Gasteiger partial charge is 0.349 e. The lowest BCUT2D eigenvalue weighted by atomic mass is 10.0. The van der Waals surface area contributed by atoms with E-state index in [1.807, 2.05) is 27.9 Å². The first-order valence-electron chi connectivity index (χ1n) is 7.14. The van der Waals surface area contributed by atoms with E-state index >= 15 is 0 Å². The third-order valence-electron chi connectivity index (χ3n) is 3.51. The maximum atomic E-state index is 13.0. The SMILES string of the molecule is CCC(C)C(=O)NC(CCN(C)C)c1ccc(F)cc1. The number of nitrogens with zero attached hydrogens (tertiary/aromatic N) is 1. The van der Waals surface area contributed by atoms with Crippen LogP contribution in [0.25, 0.3) is 0 Å². The molecule has 0 aliphatic heterocycles. The lowest BCUT2D eigenvalue weighted by Crippen LogP contribution is -2.34. The summed E-state index contributed by atoms with van der Waals surface area (Å²) in [7, 11) is 4.00. The topological polar surface area (TPSA) is 32.3 Å². The van der Waals surface area contributed by atoms with Gasteiger partial charge in [-0.2, -0.15) is 0 Å². The predicted octanol–water partition coefficient (Wildman–Crippen LogP) is 2.98. The fourth-order valence-electron chi connectivity index (χ4n) is 1.90. The number of halogens is 1. The van der Waals surface area contributed by atoms with Gasteiger partial charge in [0.1, 0.15) is 5.82 Å². The molecule has 20 heavy (non-hydrogen) atoms. The number of hydrogen-bond donors (Lipinski definition) is 1. The van der Waals surface area contributed by atoms with Gasteiger partial charge in [-0.15, -0.1) is 0 Å². The highest BCUT2D eigenvalue weighted by atomic mass is 19.1. The number of hydrogen-bond acceptors (Lipinski definition) is 2. The molecule has 0 aliphatic carbocycles. The minimum absolute atomic E-state index is 0.00250. The summed E-state index contributed by atoms with van der Waals surface area (Å²) in [6, 6.07) is 6.29. The Balaban J connectivity index is 2.79. The monoisotopic (exact) mass is 280 g/mol. The molecule has 1 rings (SSSR count). The van der Waals surface area contributed by atoms with Gasteiger partial charge in [-0.1, -0.05) is 26.0 Å². The molecule has 1 aromatic rings. The van der Waals surface area contributed by atoms with Gasteiger partial charge in [0.05, 0.1) is 6.04 Å². The quantitative estimate of drug-likeness (QED) is 0.833. The van der Waals surface area contributed by atoms with Gasteiger partial charge < -0.3 is 10.2 Å². The summed E-state index contributed by atoms with van der Waals surface area (Å²) < 4.78 is 13.0. The maximum absolute atomic E-state index is 13.0. The van der Waals surface area contributed by atoms with Crippen LogP contribution in [0.1, 0.15) is 38.3 Å². The van der Waals surface area contributed by atoms with Gasteiger partial charge in [0.15, 0.2) is 0 Å². The molecule has 4 heteroatoms. The van der Waals surface area contributed by atoms with Gasteiger partial charge in [0, 0.05) is 5.92 Å². The molecule has 3 nitrogen and oxygen atoms in total. The van der Waals surface area contributed by atoms with Crippen LogP contribution < -0.4 is 5.32 Å². The molecule has 0 spiro atoms. The standard InChI is InChI=1S/C16H25FN2O/c1-5-12(2)16(20)18-15(10-11-19(3)4)13-6-8-14(17)9-7-13/h6-9,12,15H,5,10-11H2,1-4H3,(H,18,20). The Morgan fingerprint density at radius 1 is 1.30 bits per heavy atom. The van der Waals surface area contributed by atoms with Gasteiger partial charge in [-0.3, -0.25) is 4.79 Å². The van der Waals surface area contributed by atoms with Crippen LogP contribution in [0.3, 0.4) is 0 Å². The minimum atomic E-state index is -0.256. The normalized spacial score (nSPS) is 14.1. The minimum Gasteiger partial charge on any atom is -0.349 e. The summed E-state index contributed by atoms with van der Waals surface area (Å²) in [5.41, 5.74) is 0.949. The zero-order chi connectivity index (χ0) is 15.1. The number of rotatable bonds is 7. The average molecular weight is 280 g/mol.